The van der Waals surface area contributed by atoms with Gasteiger partial charge in [-0.15, -0.1) is 0 Å². The zero-order chi connectivity index (χ0) is 15.4. The van der Waals surface area contributed by atoms with Crippen LogP contribution in [0.15, 0.2) is 24.4 Å². The number of likely N-dealkylation sites (tertiary alicyclic amines) is 1. The first kappa shape index (κ1) is 15.3. The van der Waals surface area contributed by atoms with Crippen LogP contribution in [0.2, 0.25) is 0 Å². The van der Waals surface area contributed by atoms with Crippen molar-refractivity contribution < 1.29 is 9.84 Å². The van der Waals surface area contributed by atoms with E-state index in [1.807, 2.05) is 19.1 Å². The maximum atomic E-state index is 10.6. The standard InChI is InChI=1S/C18H24N2O2/c1-2-22-13-15-11-14(12-20-9-4-3-5-10-20)18(21)17-16(15)7-6-8-19-17/h6-8,11,21H,2-5,9-10,12-13H2,1H3. The van der Waals surface area contributed by atoms with E-state index in [1.54, 1.807) is 6.20 Å². The van der Waals surface area contributed by atoms with Crippen molar-refractivity contribution in [2.75, 3.05) is 19.7 Å². The topological polar surface area (TPSA) is 45.6 Å². The van der Waals surface area contributed by atoms with Crippen molar-refractivity contribution in [1.29, 1.82) is 0 Å². The molecule has 0 radical (unpaired) electrons. The Morgan fingerprint density at radius 2 is 2.05 bits per heavy atom. The Hall–Kier alpha value is -1.65. The highest BCUT2D eigenvalue weighted by molar-refractivity contribution is 5.88. The van der Waals surface area contributed by atoms with Crippen molar-refractivity contribution in [2.24, 2.45) is 0 Å². The third kappa shape index (κ3) is 3.23. The van der Waals surface area contributed by atoms with Crippen LogP contribution in [-0.2, 0) is 17.9 Å². The number of piperidine rings is 1. The summed E-state index contributed by atoms with van der Waals surface area (Å²) < 4.78 is 5.59. The summed E-state index contributed by atoms with van der Waals surface area (Å²) in [5, 5.41) is 11.6. The van der Waals surface area contributed by atoms with E-state index in [0.29, 0.717) is 24.5 Å². The maximum absolute atomic E-state index is 10.6. The molecule has 2 aromatic rings. The normalized spacial score (nSPS) is 16.2. The van der Waals surface area contributed by atoms with Crippen molar-refractivity contribution in [3.05, 3.63) is 35.5 Å². The van der Waals surface area contributed by atoms with Gasteiger partial charge < -0.3 is 9.84 Å². The second kappa shape index (κ2) is 7.07. The summed E-state index contributed by atoms with van der Waals surface area (Å²) in [5.74, 6) is 0.321. The third-order valence-corrected chi connectivity index (χ3v) is 4.33. The fourth-order valence-electron chi connectivity index (χ4n) is 3.17. The summed E-state index contributed by atoms with van der Waals surface area (Å²) in [6, 6.07) is 5.99. The molecule has 1 N–H and O–H groups in total. The number of benzene rings is 1. The minimum atomic E-state index is 0.321. The molecule has 1 aromatic heterocycles. The van der Waals surface area contributed by atoms with E-state index in [2.05, 4.69) is 16.0 Å². The van der Waals surface area contributed by atoms with Crippen LogP contribution in [0.5, 0.6) is 5.75 Å². The van der Waals surface area contributed by atoms with Crippen molar-refractivity contribution >= 4 is 10.9 Å². The molecule has 0 saturated carbocycles. The fourth-order valence-corrected chi connectivity index (χ4v) is 3.17. The summed E-state index contributed by atoms with van der Waals surface area (Å²) >= 11 is 0. The van der Waals surface area contributed by atoms with Gasteiger partial charge in [0.1, 0.15) is 11.3 Å². The van der Waals surface area contributed by atoms with Crippen LogP contribution in [0.3, 0.4) is 0 Å². The Labute approximate surface area is 131 Å². The number of ether oxygens (including phenoxy) is 1. The molecule has 118 valence electrons. The minimum absolute atomic E-state index is 0.321. The lowest BCUT2D eigenvalue weighted by Crippen LogP contribution is -2.29. The lowest BCUT2D eigenvalue weighted by atomic mass is 10.0. The Kier molecular flexibility index (Phi) is 4.90. The van der Waals surface area contributed by atoms with Gasteiger partial charge in [0.2, 0.25) is 0 Å². The smallest absolute Gasteiger partial charge is 0.146 e. The number of hydrogen-bond donors (Lipinski definition) is 1. The second-order valence-corrected chi connectivity index (χ2v) is 5.92. The van der Waals surface area contributed by atoms with Crippen LogP contribution >= 0.6 is 0 Å². The van der Waals surface area contributed by atoms with E-state index in [0.717, 1.165) is 36.1 Å². The van der Waals surface area contributed by atoms with Gasteiger partial charge >= 0.3 is 0 Å². The molecule has 0 aliphatic carbocycles. The van der Waals surface area contributed by atoms with E-state index >= 15 is 0 Å². The molecule has 0 amide bonds. The largest absolute Gasteiger partial charge is 0.505 e. The van der Waals surface area contributed by atoms with Crippen LogP contribution in [0.1, 0.15) is 37.3 Å². The lowest BCUT2D eigenvalue weighted by Gasteiger charge is -2.27. The molecule has 1 aliphatic heterocycles. The SMILES string of the molecule is CCOCc1cc(CN2CCCCC2)c(O)c2ncccc12. The molecule has 0 unspecified atom stereocenters. The Bertz CT molecular complexity index is 636. The Balaban J connectivity index is 1.95. The molecular formula is C18H24N2O2. The maximum Gasteiger partial charge on any atom is 0.146 e. The number of aromatic nitrogens is 1. The third-order valence-electron chi connectivity index (χ3n) is 4.33. The summed E-state index contributed by atoms with van der Waals surface area (Å²) in [6.45, 7) is 6.25. The van der Waals surface area contributed by atoms with Gasteiger partial charge in [0.05, 0.1) is 6.61 Å². The van der Waals surface area contributed by atoms with E-state index in [4.69, 9.17) is 4.74 Å². The van der Waals surface area contributed by atoms with Gasteiger partial charge in [0.25, 0.3) is 0 Å². The van der Waals surface area contributed by atoms with Gasteiger partial charge in [-0.2, -0.15) is 0 Å². The average Bonchev–Trinajstić information content (AvgIpc) is 2.57. The predicted octanol–water partition coefficient (Wildman–Crippen LogP) is 3.46. The van der Waals surface area contributed by atoms with Gasteiger partial charge in [-0.05, 0) is 50.6 Å². The van der Waals surface area contributed by atoms with Crippen LogP contribution in [-0.4, -0.2) is 34.7 Å². The molecule has 2 heterocycles. The lowest BCUT2D eigenvalue weighted by molar-refractivity contribution is 0.135. The molecular weight excluding hydrogens is 276 g/mol. The summed E-state index contributed by atoms with van der Waals surface area (Å²) in [4.78, 5) is 6.79. The molecule has 4 heteroatoms. The van der Waals surface area contributed by atoms with Crippen LogP contribution < -0.4 is 0 Å². The molecule has 4 nitrogen and oxygen atoms in total. The number of phenols is 1. The number of hydrogen-bond acceptors (Lipinski definition) is 4. The molecule has 0 atom stereocenters. The zero-order valence-corrected chi connectivity index (χ0v) is 13.2. The highest BCUT2D eigenvalue weighted by Crippen LogP contribution is 2.32. The van der Waals surface area contributed by atoms with Crippen molar-refractivity contribution in [2.45, 2.75) is 39.3 Å². The van der Waals surface area contributed by atoms with Crippen LogP contribution in [0.25, 0.3) is 10.9 Å². The molecule has 1 aromatic carbocycles. The van der Waals surface area contributed by atoms with E-state index in [1.165, 1.54) is 19.3 Å². The molecule has 22 heavy (non-hydrogen) atoms. The first-order valence-corrected chi connectivity index (χ1v) is 8.18. The number of rotatable bonds is 5. The first-order valence-electron chi connectivity index (χ1n) is 8.18. The molecule has 1 aliphatic rings. The van der Waals surface area contributed by atoms with Gasteiger partial charge in [-0.25, -0.2) is 0 Å². The number of nitrogens with zero attached hydrogens (tertiary/aromatic N) is 2. The fraction of sp³-hybridized carbons (Fsp3) is 0.500. The predicted molar refractivity (Wildman–Crippen MR) is 87.9 cm³/mol. The number of aromatic hydroxyl groups is 1. The molecule has 0 spiro atoms. The van der Waals surface area contributed by atoms with E-state index < -0.39 is 0 Å². The number of pyridine rings is 1. The van der Waals surface area contributed by atoms with Gasteiger partial charge in [-0.3, -0.25) is 9.88 Å². The summed E-state index contributed by atoms with van der Waals surface area (Å²) in [6.07, 6.45) is 5.55. The Morgan fingerprint density at radius 1 is 1.23 bits per heavy atom. The summed E-state index contributed by atoms with van der Waals surface area (Å²) in [5.41, 5.74) is 2.75. The van der Waals surface area contributed by atoms with Gasteiger partial charge in [0, 0.05) is 30.3 Å². The quantitative estimate of drug-likeness (QED) is 0.918. The zero-order valence-electron chi connectivity index (χ0n) is 13.2. The highest BCUT2D eigenvalue weighted by Gasteiger charge is 2.16. The van der Waals surface area contributed by atoms with Crippen molar-refractivity contribution in [3.8, 4) is 5.75 Å². The first-order chi connectivity index (χ1) is 10.8. The molecule has 1 fully saturated rings. The van der Waals surface area contributed by atoms with Crippen LogP contribution in [0.4, 0.5) is 0 Å². The monoisotopic (exact) mass is 300 g/mol. The van der Waals surface area contributed by atoms with E-state index in [-0.39, 0.29) is 0 Å². The van der Waals surface area contributed by atoms with Gasteiger partial charge in [-0.1, -0.05) is 12.5 Å². The average molecular weight is 300 g/mol. The van der Waals surface area contributed by atoms with E-state index in [9.17, 15) is 5.11 Å². The number of phenolic OH excluding ortho intramolecular Hbond substituents is 1. The molecule has 3 rings (SSSR count). The van der Waals surface area contributed by atoms with Crippen LogP contribution in [0, 0.1) is 0 Å². The van der Waals surface area contributed by atoms with Crippen molar-refractivity contribution in [1.82, 2.24) is 9.88 Å². The Morgan fingerprint density at radius 3 is 2.82 bits per heavy atom. The second-order valence-electron chi connectivity index (χ2n) is 5.92. The van der Waals surface area contributed by atoms with Gasteiger partial charge in [0.15, 0.2) is 0 Å². The highest BCUT2D eigenvalue weighted by atomic mass is 16.5. The molecule has 0 bridgehead atoms. The molecule has 1 saturated heterocycles. The summed E-state index contributed by atoms with van der Waals surface area (Å²) in [7, 11) is 0. The van der Waals surface area contributed by atoms with Crippen molar-refractivity contribution in [3.63, 3.8) is 0 Å². The number of fused-ring (bicyclic) bond motifs is 1. The minimum Gasteiger partial charge on any atom is -0.505 e.